The highest BCUT2D eigenvalue weighted by molar-refractivity contribution is 6.10. The molecule has 3 amide bonds. The number of nitrogens with one attached hydrogen (secondary N) is 1. The summed E-state index contributed by atoms with van der Waals surface area (Å²) in [6, 6.07) is 7.65. The zero-order valence-corrected chi connectivity index (χ0v) is 14.5. The highest BCUT2D eigenvalue weighted by atomic mass is 16.2. The molecule has 1 aromatic carbocycles. The Balaban J connectivity index is 1.79. The summed E-state index contributed by atoms with van der Waals surface area (Å²) in [6.07, 6.45) is 4.45. The van der Waals surface area contributed by atoms with Gasteiger partial charge in [0.25, 0.3) is 0 Å². The summed E-state index contributed by atoms with van der Waals surface area (Å²) in [5.41, 5.74) is 3.77. The molecule has 3 heterocycles. The van der Waals surface area contributed by atoms with E-state index in [0.29, 0.717) is 0 Å². The van der Waals surface area contributed by atoms with Gasteiger partial charge in [0.2, 0.25) is 5.91 Å². The molecule has 2 aliphatic rings. The van der Waals surface area contributed by atoms with Gasteiger partial charge in [-0.3, -0.25) is 4.79 Å². The summed E-state index contributed by atoms with van der Waals surface area (Å²) in [4.78, 5) is 30.3. The van der Waals surface area contributed by atoms with Crippen LogP contribution in [0.1, 0.15) is 31.7 Å². The number of benzene rings is 1. The maximum Gasteiger partial charge on any atom is 0.329 e. The number of hydrogen-bond acceptors (Lipinski definition) is 3. The summed E-state index contributed by atoms with van der Waals surface area (Å²) in [6.45, 7) is 5.84. The number of fused-ring (bicyclic) bond motifs is 1. The van der Waals surface area contributed by atoms with Crippen LogP contribution in [0, 0.1) is 12.8 Å². The Bertz CT molecular complexity index is 894. The van der Waals surface area contributed by atoms with Gasteiger partial charge in [0.05, 0.1) is 17.7 Å². The van der Waals surface area contributed by atoms with Crippen LogP contribution in [0.15, 0.2) is 42.4 Å². The van der Waals surface area contributed by atoms with Crippen LogP contribution >= 0.6 is 0 Å². The van der Waals surface area contributed by atoms with Crippen LogP contribution in [-0.4, -0.2) is 32.4 Å². The molecular weight excluding hydrogens is 316 g/mol. The molecule has 128 valence electrons. The normalized spacial score (nSPS) is 22.6. The zero-order chi connectivity index (χ0) is 17.7. The van der Waals surface area contributed by atoms with Crippen molar-refractivity contribution >= 4 is 17.5 Å². The fourth-order valence-corrected chi connectivity index (χ4v) is 3.76. The van der Waals surface area contributed by atoms with Gasteiger partial charge in [0.1, 0.15) is 5.82 Å². The minimum Gasteiger partial charge on any atom is -0.329 e. The molecule has 1 fully saturated rings. The molecule has 0 radical (unpaired) electrons. The molecule has 25 heavy (non-hydrogen) atoms. The minimum absolute atomic E-state index is 0.105. The van der Waals surface area contributed by atoms with Crippen molar-refractivity contribution in [3.8, 4) is 5.69 Å². The average molecular weight is 336 g/mol. The van der Waals surface area contributed by atoms with Crippen LogP contribution in [-0.2, 0) is 4.79 Å². The first-order chi connectivity index (χ1) is 12.0. The number of imide groups is 1. The van der Waals surface area contributed by atoms with Crippen LogP contribution < -0.4 is 5.32 Å². The molecular formula is C19H20N4O2. The molecule has 4 rings (SSSR count). The monoisotopic (exact) mass is 336 g/mol. The second-order valence-electron chi connectivity index (χ2n) is 6.50. The fraction of sp³-hybridized carbons (Fsp3) is 0.316. The van der Waals surface area contributed by atoms with E-state index >= 15 is 0 Å². The van der Waals surface area contributed by atoms with Gasteiger partial charge in [0, 0.05) is 18.1 Å². The van der Waals surface area contributed by atoms with Gasteiger partial charge in [0.15, 0.2) is 0 Å². The molecule has 2 atom stereocenters. The average Bonchev–Trinajstić information content (AvgIpc) is 3.25. The van der Waals surface area contributed by atoms with Gasteiger partial charge in [-0.1, -0.05) is 19.1 Å². The lowest BCUT2D eigenvalue weighted by Gasteiger charge is -2.14. The van der Waals surface area contributed by atoms with Crippen molar-refractivity contribution in [1.29, 1.82) is 0 Å². The lowest BCUT2D eigenvalue weighted by Crippen LogP contribution is -2.33. The molecule has 1 saturated heterocycles. The molecule has 0 bridgehead atoms. The molecule has 1 N–H and O–H groups in total. The predicted octanol–water partition coefficient (Wildman–Crippen LogP) is 2.87. The summed E-state index contributed by atoms with van der Waals surface area (Å²) in [5.74, 6) is 0.464. The number of amides is 3. The Hall–Kier alpha value is -2.89. The van der Waals surface area contributed by atoms with Gasteiger partial charge in [-0.25, -0.2) is 14.7 Å². The first-order valence-corrected chi connectivity index (χ1v) is 8.52. The molecule has 2 aromatic rings. The van der Waals surface area contributed by atoms with Crippen molar-refractivity contribution in [1.82, 2.24) is 19.8 Å². The van der Waals surface area contributed by atoms with Gasteiger partial charge < -0.3 is 9.88 Å². The van der Waals surface area contributed by atoms with Crippen LogP contribution in [0.25, 0.3) is 11.3 Å². The number of imidazole rings is 1. The number of carbonyl (C=O) groups is 2. The van der Waals surface area contributed by atoms with Crippen LogP contribution in [0.4, 0.5) is 4.79 Å². The van der Waals surface area contributed by atoms with E-state index in [-0.39, 0.29) is 23.9 Å². The second kappa shape index (κ2) is 5.58. The zero-order valence-electron chi connectivity index (χ0n) is 14.5. The summed E-state index contributed by atoms with van der Waals surface area (Å²) >= 11 is 0. The molecule has 1 aromatic heterocycles. The smallest absolute Gasteiger partial charge is 0.329 e. The van der Waals surface area contributed by atoms with E-state index in [4.69, 9.17) is 0 Å². The maximum atomic E-state index is 12.6. The molecule has 0 saturated carbocycles. The quantitative estimate of drug-likeness (QED) is 0.937. The number of rotatable bonds is 3. The third kappa shape index (κ3) is 2.21. The van der Waals surface area contributed by atoms with Crippen LogP contribution in [0.2, 0.25) is 0 Å². The van der Waals surface area contributed by atoms with E-state index in [1.54, 1.807) is 6.20 Å². The van der Waals surface area contributed by atoms with E-state index < -0.39 is 0 Å². The number of urea groups is 1. The van der Waals surface area contributed by atoms with Gasteiger partial charge in [-0.15, -0.1) is 0 Å². The Morgan fingerprint density at radius 2 is 1.92 bits per heavy atom. The van der Waals surface area contributed by atoms with Crippen molar-refractivity contribution < 1.29 is 9.59 Å². The number of aromatic nitrogens is 2. The third-order valence-corrected chi connectivity index (χ3v) is 5.06. The molecule has 6 nitrogen and oxygen atoms in total. The number of hydrogen-bond donors (Lipinski definition) is 1. The minimum atomic E-state index is -0.309. The first-order valence-electron chi connectivity index (χ1n) is 8.52. The van der Waals surface area contributed by atoms with Gasteiger partial charge in [-0.2, -0.15) is 0 Å². The number of nitrogens with zero attached hydrogens (tertiary/aromatic N) is 3. The molecule has 2 unspecified atom stereocenters. The number of aryl methyl sites for hydroxylation is 1. The Morgan fingerprint density at radius 3 is 2.52 bits per heavy atom. The van der Waals surface area contributed by atoms with E-state index in [1.165, 1.54) is 4.90 Å². The standard InChI is InChI=1S/C19H20N4O2/c1-4-15-17-16(11(2)18(24)23(17)19(25)21-15)13-5-7-14(8-6-13)22-10-9-20-12(22)3/h5-11,15H,4H2,1-3H3,(H,21,25). The predicted molar refractivity (Wildman–Crippen MR) is 93.8 cm³/mol. The second-order valence-corrected chi connectivity index (χ2v) is 6.50. The summed E-state index contributed by atoms with van der Waals surface area (Å²) < 4.78 is 2.01. The van der Waals surface area contributed by atoms with Crippen molar-refractivity contribution in [3.05, 3.63) is 53.7 Å². The van der Waals surface area contributed by atoms with Crippen molar-refractivity contribution in [2.75, 3.05) is 0 Å². The van der Waals surface area contributed by atoms with E-state index in [2.05, 4.69) is 10.3 Å². The number of carbonyl (C=O) groups excluding carboxylic acids is 2. The highest BCUT2D eigenvalue weighted by Crippen LogP contribution is 2.41. The SMILES string of the molecule is CCC1NC(=O)N2C(=O)C(C)C(c3ccc(-n4ccnc4C)cc3)=C12. The fourth-order valence-electron chi connectivity index (χ4n) is 3.76. The van der Waals surface area contributed by atoms with Gasteiger partial charge in [-0.05, 0) is 43.5 Å². The lowest BCUT2D eigenvalue weighted by atomic mass is 9.92. The molecule has 2 aliphatic heterocycles. The molecule has 0 aliphatic carbocycles. The van der Waals surface area contributed by atoms with E-state index in [9.17, 15) is 9.59 Å². The molecule has 6 heteroatoms. The lowest BCUT2D eigenvalue weighted by molar-refractivity contribution is -0.127. The van der Waals surface area contributed by atoms with Crippen LogP contribution in [0.3, 0.4) is 0 Å². The maximum absolute atomic E-state index is 12.6. The first kappa shape index (κ1) is 15.6. The van der Waals surface area contributed by atoms with Gasteiger partial charge >= 0.3 is 6.03 Å². The summed E-state index contributed by atoms with van der Waals surface area (Å²) in [7, 11) is 0. The molecule has 0 spiro atoms. The van der Waals surface area contributed by atoms with E-state index in [1.807, 2.05) is 55.8 Å². The largest absolute Gasteiger partial charge is 0.329 e. The van der Waals surface area contributed by atoms with Crippen LogP contribution in [0.5, 0.6) is 0 Å². The third-order valence-electron chi connectivity index (χ3n) is 5.06. The van der Waals surface area contributed by atoms with E-state index in [0.717, 1.165) is 34.8 Å². The van der Waals surface area contributed by atoms with Crippen molar-refractivity contribution in [2.24, 2.45) is 5.92 Å². The Morgan fingerprint density at radius 1 is 1.20 bits per heavy atom. The Kier molecular flexibility index (Phi) is 3.49. The summed E-state index contributed by atoms with van der Waals surface area (Å²) in [5, 5.41) is 2.89. The highest BCUT2D eigenvalue weighted by Gasteiger charge is 2.48. The van der Waals surface area contributed by atoms with Crippen molar-refractivity contribution in [2.45, 2.75) is 33.2 Å². The topological polar surface area (TPSA) is 67.2 Å². The van der Waals surface area contributed by atoms with Crippen molar-refractivity contribution in [3.63, 3.8) is 0 Å². The Labute approximate surface area is 146 Å².